The van der Waals surface area contributed by atoms with E-state index in [4.69, 9.17) is 9.16 Å². The Kier molecular flexibility index (Phi) is 6.39. The monoisotopic (exact) mass is 408 g/mol. The van der Waals surface area contributed by atoms with Gasteiger partial charge < -0.3 is 9.16 Å². The van der Waals surface area contributed by atoms with Gasteiger partial charge in [0.15, 0.2) is 5.60 Å². The second-order valence-corrected chi connectivity index (χ2v) is 10.4. The maximum Gasteiger partial charge on any atom is 0.337 e. The summed E-state index contributed by atoms with van der Waals surface area (Å²) in [7, 11) is -1.63. The molecule has 0 aromatic heterocycles. The summed E-state index contributed by atoms with van der Waals surface area (Å²) in [5, 5.41) is 3.18. The first-order valence-electron chi connectivity index (χ1n) is 9.13. The first kappa shape index (κ1) is 20.4. The fourth-order valence-corrected chi connectivity index (χ4v) is 7.87. The third-order valence-corrected chi connectivity index (χ3v) is 9.64. The van der Waals surface area contributed by atoms with Gasteiger partial charge in [-0.15, -0.1) is 0 Å². The SMILES string of the molecule is COC(=O)C(C)(CS)O[Si](c1ccccc1)(c1ccccc1)c1ccccc1. The smallest absolute Gasteiger partial charge is 0.337 e. The van der Waals surface area contributed by atoms with Gasteiger partial charge in [-0.25, -0.2) is 4.79 Å². The number of benzene rings is 3. The molecule has 0 spiro atoms. The second-order valence-electron chi connectivity index (χ2n) is 6.76. The lowest BCUT2D eigenvalue weighted by atomic mass is 10.1. The number of thiol groups is 1. The molecule has 0 heterocycles. The topological polar surface area (TPSA) is 35.5 Å². The molecule has 0 bridgehead atoms. The lowest BCUT2D eigenvalue weighted by molar-refractivity contribution is -0.155. The Bertz CT molecular complexity index is 806. The van der Waals surface area contributed by atoms with Crippen LogP contribution in [0, 0.1) is 0 Å². The first-order valence-corrected chi connectivity index (χ1v) is 11.7. The van der Waals surface area contributed by atoms with Crippen LogP contribution in [-0.2, 0) is 14.0 Å². The van der Waals surface area contributed by atoms with E-state index in [-0.39, 0.29) is 5.75 Å². The maximum atomic E-state index is 12.7. The summed E-state index contributed by atoms with van der Waals surface area (Å²) in [6.07, 6.45) is 0. The Morgan fingerprint density at radius 3 is 1.46 bits per heavy atom. The predicted molar refractivity (Wildman–Crippen MR) is 119 cm³/mol. The molecule has 3 aromatic rings. The molecule has 0 fully saturated rings. The Balaban J connectivity index is 2.33. The van der Waals surface area contributed by atoms with Crippen LogP contribution in [0.3, 0.4) is 0 Å². The van der Waals surface area contributed by atoms with Crippen molar-refractivity contribution in [1.82, 2.24) is 0 Å². The van der Waals surface area contributed by atoms with Crippen molar-refractivity contribution < 1.29 is 14.0 Å². The van der Waals surface area contributed by atoms with Crippen LogP contribution in [0.4, 0.5) is 0 Å². The molecule has 0 N–H and O–H groups in total. The Morgan fingerprint density at radius 2 is 1.18 bits per heavy atom. The number of hydrogen-bond donors (Lipinski definition) is 1. The summed E-state index contributed by atoms with van der Waals surface area (Å²) in [5.41, 5.74) is -1.19. The molecular weight excluding hydrogens is 384 g/mol. The zero-order valence-electron chi connectivity index (χ0n) is 16.0. The van der Waals surface area contributed by atoms with Crippen LogP contribution in [0.15, 0.2) is 91.0 Å². The highest BCUT2D eigenvalue weighted by Crippen LogP contribution is 2.22. The number of hydrogen-bond acceptors (Lipinski definition) is 4. The molecule has 0 aliphatic heterocycles. The first-order chi connectivity index (χ1) is 13.6. The number of methoxy groups -OCH3 is 1. The highest BCUT2D eigenvalue weighted by atomic mass is 32.1. The van der Waals surface area contributed by atoms with Crippen LogP contribution in [-0.4, -0.2) is 32.8 Å². The quantitative estimate of drug-likeness (QED) is 0.282. The van der Waals surface area contributed by atoms with Crippen LogP contribution in [0.2, 0.25) is 0 Å². The summed E-state index contributed by atoms with van der Waals surface area (Å²) in [4.78, 5) is 12.7. The number of rotatable bonds is 7. The van der Waals surface area contributed by atoms with Gasteiger partial charge in [-0.05, 0) is 22.5 Å². The predicted octanol–water partition coefficient (Wildman–Crippen LogP) is 2.53. The fraction of sp³-hybridized carbons (Fsp3) is 0.174. The van der Waals surface area contributed by atoms with Gasteiger partial charge in [-0.3, -0.25) is 0 Å². The van der Waals surface area contributed by atoms with Crippen molar-refractivity contribution in [1.29, 1.82) is 0 Å². The van der Waals surface area contributed by atoms with E-state index in [1.807, 2.05) is 54.6 Å². The van der Waals surface area contributed by atoms with Crippen LogP contribution in [0.5, 0.6) is 0 Å². The normalized spacial score (nSPS) is 13.5. The van der Waals surface area contributed by atoms with Gasteiger partial charge >= 0.3 is 5.97 Å². The average molecular weight is 409 g/mol. The van der Waals surface area contributed by atoms with Crippen LogP contribution >= 0.6 is 12.6 Å². The molecule has 1 atom stereocenters. The molecule has 3 rings (SSSR count). The minimum atomic E-state index is -3.01. The molecule has 0 aliphatic carbocycles. The third kappa shape index (κ3) is 3.78. The third-order valence-electron chi connectivity index (χ3n) is 4.84. The van der Waals surface area contributed by atoms with E-state index in [9.17, 15) is 4.79 Å². The van der Waals surface area contributed by atoms with Crippen molar-refractivity contribution in [2.45, 2.75) is 12.5 Å². The zero-order chi connectivity index (χ0) is 20.0. The van der Waals surface area contributed by atoms with Gasteiger partial charge in [0.2, 0.25) is 0 Å². The van der Waals surface area contributed by atoms with Gasteiger partial charge in [0, 0.05) is 5.75 Å². The van der Waals surface area contributed by atoms with E-state index in [0.717, 1.165) is 15.6 Å². The Labute approximate surface area is 172 Å². The van der Waals surface area contributed by atoms with Gasteiger partial charge in [-0.1, -0.05) is 91.0 Å². The average Bonchev–Trinajstić information content (AvgIpc) is 2.78. The number of esters is 1. The van der Waals surface area contributed by atoms with Crippen molar-refractivity contribution in [2.75, 3.05) is 12.9 Å². The molecule has 1 unspecified atom stereocenters. The lowest BCUT2D eigenvalue weighted by Gasteiger charge is -2.40. The summed E-state index contributed by atoms with van der Waals surface area (Å²) < 4.78 is 11.9. The van der Waals surface area contributed by atoms with E-state index < -0.39 is 19.9 Å². The van der Waals surface area contributed by atoms with E-state index in [1.54, 1.807) is 6.92 Å². The van der Waals surface area contributed by atoms with Gasteiger partial charge in [0.1, 0.15) is 0 Å². The summed E-state index contributed by atoms with van der Waals surface area (Å²) in [6.45, 7) is 1.75. The molecule has 0 radical (unpaired) electrons. The van der Waals surface area contributed by atoms with Gasteiger partial charge in [-0.2, -0.15) is 12.6 Å². The van der Waals surface area contributed by atoms with Crippen LogP contribution < -0.4 is 15.6 Å². The molecule has 0 saturated carbocycles. The summed E-state index contributed by atoms with van der Waals surface area (Å²) in [5.74, 6) is -0.219. The standard InChI is InChI=1S/C23H24O3SSi/c1-23(18-27,22(24)25-2)26-28(19-12-6-3-7-13-19,20-14-8-4-9-15-20)21-16-10-5-11-17-21/h3-17,27H,18H2,1-2H3. The highest BCUT2D eigenvalue weighted by Gasteiger charge is 2.49. The van der Waals surface area contributed by atoms with Gasteiger partial charge in [0.25, 0.3) is 8.32 Å². The molecule has 144 valence electrons. The number of carbonyl (C=O) groups excluding carboxylic acids is 1. The van der Waals surface area contributed by atoms with E-state index in [1.165, 1.54) is 7.11 Å². The minimum absolute atomic E-state index is 0.209. The second kappa shape index (κ2) is 8.77. The van der Waals surface area contributed by atoms with E-state index in [2.05, 4.69) is 49.0 Å². The van der Waals surface area contributed by atoms with Crippen molar-refractivity contribution in [3.8, 4) is 0 Å². The highest BCUT2D eigenvalue weighted by molar-refractivity contribution is 7.80. The fourth-order valence-electron chi connectivity index (χ4n) is 3.39. The molecule has 28 heavy (non-hydrogen) atoms. The van der Waals surface area contributed by atoms with E-state index >= 15 is 0 Å². The minimum Gasteiger partial charge on any atom is -0.467 e. The van der Waals surface area contributed by atoms with Crippen molar-refractivity contribution in [3.05, 3.63) is 91.0 Å². The molecule has 0 amide bonds. The van der Waals surface area contributed by atoms with Crippen LogP contribution in [0.1, 0.15) is 6.92 Å². The summed E-state index contributed by atoms with van der Waals surface area (Å²) in [6, 6.07) is 30.4. The molecule has 0 saturated heterocycles. The largest absolute Gasteiger partial charge is 0.467 e. The molecule has 3 nitrogen and oxygen atoms in total. The molecule has 0 aliphatic rings. The molecule has 5 heteroatoms. The number of carbonyl (C=O) groups is 1. The van der Waals surface area contributed by atoms with Crippen molar-refractivity contribution in [3.63, 3.8) is 0 Å². The molecule has 3 aromatic carbocycles. The Hall–Kier alpha value is -2.34. The van der Waals surface area contributed by atoms with Crippen molar-refractivity contribution in [2.24, 2.45) is 0 Å². The van der Waals surface area contributed by atoms with Crippen LogP contribution in [0.25, 0.3) is 0 Å². The maximum absolute atomic E-state index is 12.7. The summed E-state index contributed by atoms with van der Waals surface area (Å²) >= 11 is 4.44. The molecular formula is C23H24O3SSi. The van der Waals surface area contributed by atoms with Gasteiger partial charge in [0.05, 0.1) is 7.11 Å². The Morgan fingerprint density at radius 1 is 0.821 bits per heavy atom. The lowest BCUT2D eigenvalue weighted by Crippen LogP contribution is -2.73. The van der Waals surface area contributed by atoms with E-state index in [0.29, 0.717) is 0 Å². The number of ether oxygens (including phenoxy) is 1. The zero-order valence-corrected chi connectivity index (χ0v) is 17.9. The van der Waals surface area contributed by atoms with Crippen molar-refractivity contribution >= 4 is 42.5 Å².